The minimum Gasteiger partial charge on any atom is -0.445 e. The zero-order chi connectivity index (χ0) is 15.2. The largest absolute Gasteiger partial charge is 0.445 e. The second-order valence-corrected chi connectivity index (χ2v) is 5.32. The summed E-state index contributed by atoms with van der Waals surface area (Å²) in [7, 11) is 0. The summed E-state index contributed by atoms with van der Waals surface area (Å²) in [6, 6.07) is 7.96. The van der Waals surface area contributed by atoms with Crippen molar-refractivity contribution in [3.05, 3.63) is 48.2 Å². The zero-order valence-corrected chi connectivity index (χ0v) is 13.5. The predicted molar refractivity (Wildman–Crippen MR) is 88.8 cm³/mol. The molecule has 7 heteroatoms. The molecule has 0 unspecified atom stereocenters. The lowest BCUT2D eigenvalue weighted by Gasteiger charge is -2.23. The van der Waals surface area contributed by atoms with Crippen LogP contribution in [0, 0.1) is 0 Å². The van der Waals surface area contributed by atoms with Gasteiger partial charge in [-0.2, -0.15) is 0 Å². The quantitative estimate of drug-likeness (QED) is 0.895. The number of nitrogens with one attached hydrogen (secondary N) is 2. The summed E-state index contributed by atoms with van der Waals surface area (Å²) < 4.78 is 10.0. The Kier molecular flexibility index (Phi) is 6.43. The molecule has 0 spiro atoms. The number of oxazole rings is 1. The molecule has 2 aromatic rings. The summed E-state index contributed by atoms with van der Waals surface area (Å²) in [5.41, 5.74) is 2.04. The molecule has 1 fully saturated rings. The Hall–Kier alpha value is -2.05. The van der Waals surface area contributed by atoms with Crippen molar-refractivity contribution in [1.82, 2.24) is 10.3 Å². The maximum absolute atomic E-state index is 11.7. The van der Waals surface area contributed by atoms with Gasteiger partial charge in [-0.05, 0) is 49.5 Å². The van der Waals surface area contributed by atoms with Crippen LogP contribution >= 0.6 is 12.4 Å². The van der Waals surface area contributed by atoms with Crippen LogP contribution in [0.5, 0.6) is 0 Å². The minimum atomic E-state index is -0.508. The third-order valence-corrected chi connectivity index (χ3v) is 3.80. The molecule has 1 aromatic heterocycles. The van der Waals surface area contributed by atoms with Gasteiger partial charge in [-0.25, -0.2) is 9.78 Å². The Labute approximate surface area is 141 Å². The number of nitrogens with zero attached hydrogens (tertiary/aromatic N) is 1. The predicted octanol–water partition coefficient (Wildman–Crippen LogP) is 3.31. The second-order valence-electron chi connectivity index (χ2n) is 5.32. The Morgan fingerprint density at radius 3 is 2.70 bits per heavy atom. The summed E-state index contributed by atoms with van der Waals surface area (Å²) in [5.74, 6) is 1.12. The number of hydrogen-bond acceptors (Lipinski definition) is 5. The topological polar surface area (TPSA) is 76.4 Å². The average Bonchev–Trinajstić information content (AvgIpc) is 3.08. The molecule has 1 saturated heterocycles. The molecule has 2 heterocycles. The van der Waals surface area contributed by atoms with E-state index in [9.17, 15) is 4.79 Å². The monoisotopic (exact) mass is 337 g/mol. The van der Waals surface area contributed by atoms with Gasteiger partial charge in [-0.3, -0.25) is 5.32 Å². The van der Waals surface area contributed by atoms with E-state index in [1.165, 1.54) is 18.2 Å². The van der Waals surface area contributed by atoms with Crippen LogP contribution in [0.2, 0.25) is 0 Å². The zero-order valence-electron chi connectivity index (χ0n) is 12.7. The number of carbonyl (C=O) groups is 1. The summed E-state index contributed by atoms with van der Waals surface area (Å²) in [5, 5.41) is 6.06. The standard InChI is InChI=1S/C16H19N3O3.ClH/c20-16(21-10-15-9-18-11-22-15)19-14-3-1-12(2-4-14)13-5-7-17-8-6-13;/h1-4,9,11,13,17H,5-8,10H2,(H,19,20);1H. The fourth-order valence-electron chi connectivity index (χ4n) is 2.60. The fourth-order valence-corrected chi connectivity index (χ4v) is 2.60. The van der Waals surface area contributed by atoms with Crippen molar-refractivity contribution in [3.8, 4) is 0 Å². The van der Waals surface area contributed by atoms with Crippen molar-refractivity contribution in [3.63, 3.8) is 0 Å². The van der Waals surface area contributed by atoms with Crippen LogP contribution in [0.4, 0.5) is 10.5 Å². The summed E-state index contributed by atoms with van der Waals surface area (Å²) in [4.78, 5) is 15.4. The van der Waals surface area contributed by atoms with E-state index in [1.807, 2.05) is 12.1 Å². The van der Waals surface area contributed by atoms with Crippen LogP contribution in [-0.4, -0.2) is 24.2 Å². The van der Waals surface area contributed by atoms with Crippen molar-refractivity contribution in [2.24, 2.45) is 0 Å². The molecular weight excluding hydrogens is 318 g/mol. The van der Waals surface area contributed by atoms with Gasteiger partial charge in [0.15, 0.2) is 18.8 Å². The van der Waals surface area contributed by atoms with Gasteiger partial charge in [-0.1, -0.05) is 12.1 Å². The highest BCUT2D eigenvalue weighted by atomic mass is 35.5. The van der Waals surface area contributed by atoms with Gasteiger partial charge in [-0.15, -0.1) is 12.4 Å². The third kappa shape index (κ3) is 4.97. The molecule has 1 aromatic carbocycles. The van der Waals surface area contributed by atoms with E-state index in [0.717, 1.165) is 31.6 Å². The van der Waals surface area contributed by atoms with Crippen molar-refractivity contribution >= 4 is 24.2 Å². The molecule has 2 N–H and O–H groups in total. The highest BCUT2D eigenvalue weighted by Gasteiger charge is 2.15. The molecule has 0 saturated carbocycles. The van der Waals surface area contributed by atoms with Gasteiger partial charge >= 0.3 is 6.09 Å². The van der Waals surface area contributed by atoms with Crippen LogP contribution in [0.1, 0.15) is 30.1 Å². The van der Waals surface area contributed by atoms with Gasteiger partial charge in [0.05, 0.1) is 6.20 Å². The first kappa shape index (κ1) is 17.3. The Bertz CT molecular complexity index is 596. The number of hydrogen-bond donors (Lipinski definition) is 2. The molecule has 23 heavy (non-hydrogen) atoms. The summed E-state index contributed by atoms with van der Waals surface area (Å²) in [6.45, 7) is 2.20. The van der Waals surface area contributed by atoms with Crippen LogP contribution < -0.4 is 10.6 Å². The van der Waals surface area contributed by atoms with Crippen molar-refractivity contribution < 1.29 is 13.9 Å². The van der Waals surface area contributed by atoms with Gasteiger partial charge in [0, 0.05) is 5.69 Å². The highest BCUT2D eigenvalue weighted by Crippen LogP contribution is 2.26. The Morgan fingerprint density at radius 2 is 2.04 bits per heavy atom. The normalized spacial score (nSPS) is 14.8. The van der Waals surface area contributed by atoms with E-state index in [-0.39, 0.29) is 19.0 Å². The first-order valence-corrected chi connectivity index (χ1v) is 7.43. The maximum atomic E-state index is 11.7. The van der Waals surface area contributed by atoms with Crippen LogP contribution in [0.3, 0.4) is 0 Å². The lowest BCUT2D eigenvalue weighted by Crippen LogP contribution is -2.26. The number of anilines is 1. The SMILES string of the molecule is Cl.O=C(Nc1ccc(C2CCNCC2)cc1)OCc1cnco1. The third-order valence-electron chi connectivity index (χ3n) is 3.80. The number of ether oxygens (including phenoxy) is 1. The summed E-state index contributed by atoms with van der Waals surface area (Å²) in [6.07, 6.45) is 4.63. The molecule has 0 radical (unpaired) electrons. The van der Waals surface area contributed by atoms with Crippen molar-refractivity contribution in [1.29, 1.82) is 0 Å². The smallest absolute Gasteiger partial charge is 0.412 e. The summed E-state index contributed by atoms with van der Waals surface area (Å²) >= 11 is 0. The molecule has 6 nitrogen and oxygen atoms in total. The molecule has 1 aliphatic rings. The number of aromatic nitrogens is 1. The second kappa shape index (κ2) is 8.55. The first-order valence-electron chi connectivity index (χ1n) is 7.43. The van der Waals surface area contributed by atoms with E-state index < -0.39 is 6.09 Å². The van der Waals surface area contributed by atoms with Gasteiger partial charge in [0.1, 0.15) is 0 Å². The lowest BCUT2D eigenvalue weighted by atomic mass is 9.90. The average molecular weight is 338 g/mol. The number of halogens is 1. The molecular formula is C16H20ClN3O3. The molecule has 1 aliphatic heterocycles. The van der Waals surface area contributed by atoms with Crippen LogP contribution in [0.25, 0.3) is 0 Å². The maximum Gasteiger partial charge on any atom is 0.412 e. The van der Waals surface area contributed by atoms with Crippen molar-refractivity contribution in [2.45, 2.75) is 25.4 Å². The Balaban J connectivity index is 0.00000192. The molecule has 3 rings (SSSR count). The van der Waals surface area contributed by atoms with E-state index in [2.05, 4.69) is 27.8 Å². The molecule has 0 atom stereocenters. The molecule has 1 amide bonds. The van der Waals surface area contributed by atoms with Crippen LogP contribution in [-0.2, 0) is 11.3 Å². The number of benzene rings is 1. The van der Waals surface area contributed by atoms with Gasteiger partial charge in [0.2, 0.25) is 0 Å². The van der Waals surface area contributed by atoms with Gasteiger partial charge < -0.3 is 14.5 Å². The number of amides is 1. The number of carbonyl (C=O) groups excluding carboxylic acids is 1. The molecule has 124 valence electrons. The fraction of sp³-hybridized carbons (Fsp3) is 0.375. The number of rotatable bonds is 4. The first-order chi connectivity index (χ1) is 10.8. The Morgan fingerprint density at radius 1 is 1.30 bits per heavy atom. The molecule has 0 bridgehead atoms. The van der Waals surface area contributed by atoms with Crippen molar-refractivity contribution in [2.75, 3.05) is 18.4 Å². The minimum absolute atomic E-state index is 0. The highest BCUT2D eigenvalue weighted by molar-refractivity contribution is 5.85. The number of piperidine rings is 1. The van der Waals surface area contributed by atoms with E-state index in [0.29, 0.717) is 11.7 Å². The van der Waals surface area contributed by atoms with E-state index in [4.69, 9.17) is 9.15 Å². The molecule has 0 aliphatic carbocycles. The van der Waals surface area contributed by atoms with E-state index >= 15 is 0 Å². The lowest BCUT2D eigenvalue weighted by molar-refractivity contribution is 0.146. The van der Waals surface area contributed by atoms with Crippen LogP contribution in [0.15, 0.2) is 41.3 Å². The van der Waals surface area contributed by atoms with Gasteiger partial charge in [0.25, 0.3) is 0 Å². The van der Waals surface area contributed by atoms with E-state index in [1.54, 1.807) is 0 Å².